The van der Waals surface area contributed by atoms with Gasteiger partial charge in [0.05, 0.1) is 12.0 Å². The average Bonchev–Trinajstić information content (AvgIpc) is 3.28. The molecule has 35 heavy (non-hydrogen) atoms. The second kappa shape index (κ2) is 11.3. The Morgan fingerprint density at radius 2 is 1.71 bits per heavy atom. The Hall–Kier alpha value is -3.42. The van der Waals surface area contributed by atoms with Crippen molar-refractivity contribution in [2.24, 2.45) is 5.10 Å². The molecule has 0 aliphatic rings. The topological polar surface area (TPSA) is 72.2 Å². The van der Waals surface area contributed by atoms with E-state index in [0.717, 1.165) is 22.4 Å². The van der Waals surface area contributed by atoms with E-state index in [0.29, 0.717) is 21.9 Å². The molecule has 1 heterocycles. The highest BCUT2D eigenvalue weighted by atomic mass is 35.5. The Kier molecular flexibility index (Phi) is 8.00. The number of halogens is 1. The minimum atomic E-state index is -0.229. The summed E-state index contributed by atoms with van der Waals surface area (Å²) in [5, 5.41) is 14.1. The van der Waals surface area contributed by atoms with Gasteiger partial charge in [-0.15, -0.1) is 10.2 Å². The summed E-state index contributed by atoms with van der Waals surface area (Å²) >= 11 is 7.39. The van der Waals surface area contributed by atoms with Crippen molar-refractivity contribution in [3.05, 3.63) is 94.5 Å². The predicted molar refractivity (Wildman–Crippen MR) is 144 cm³/mol. The average molecular weight is 504 g/mol. The predicted octanol–water partition coefficient (Wildman–Crippen LogP) is 6.26. The Balaban J connectivity index is 1.47. The van der Waals surface area contributed by atoms with Gasteiger partial charge >= 0.3 is 0 Å². The van der Waals surface area contributed by atoms with Crippen molar-refractivity contribution in [1.29, 1.82) is 0 Å². The number of thioether (sulfide) groups is 1. The number of carbonyl (C=O) groups is 1. The number of nitrogens with one attached hydrogen (secondary N) is 1. The summed E-state index contributed by atoms with van der Waals surface area (Å²) in [4.78, 5) is 12.4. The first-order chi connectivity index (χ1) is 16.9. The van der Waals surface area contributed by atoms with Crippen LogP contribution in [0.25, 0.3) is 17.1 Å². The van der Waals surface area contributed by atoms with E-state index in [2.05, 4.69) is 46.7 Å². The molecule has 4 aromatic rings. The molecule has 0 unspecified atom stereocenters. The lowest BCUT2D eigenvalue weighted by atomic mass is 10.0. The maximum absolute atomic E-state index is 12.4. The smallest absolute Gasteiger partial charge is 0.250 e. The third-order valence-electron chi connectivity index (χ3n) is 5.37. The van der Waals surface area contributed by atoms with Gasteiger partial charge in [0.25, 0.3) is 5.91 Å². The molecule has 1 aromatic heterocycles. The number of hydrazone groups is 1. The summed E-state index contributed by atoms with van der Waals surface area (Å²) in [5.74, 6) is 1.08. The number of benzene rings is 3. The first-order valence-electron chi connectivity index (χ1n) is 11.2. The Morgan fingerprint density at radius 1 is 1.03 bits per heavy atom. The summed E-state index contributed by atoms with van der Waals surface area (Å²) < 4.78 is 1.93. The summed E-state index contributed by atoms with van der Waals surface area (Å²) in [7, 11) is 0. The van der Waals surface area contributed by atoms with Crippen molar-refractivity contribution in [3.63, 3.8) is 0 Å². The third kappa shape index (κ3) is 6.38. The van der Waals surface area contributed by atoms with Gasteiger partial charge in [-0.05, 0) is 48.2 Å². The number of amides is 1. The minimum Gasteiger partial charge on any atom is -0.272 e. The molecule has 0 bridgehead atoms. The Morgan fingerprint density at radius 3 is 2.37 bits per heavy atom. The molecule has 1 N–H and O–H groups in total. The number of aromatic nitrogens is 3. The Labute approximate surface area is 214 Å². The van der Waals surface area contributed by atoms with Crippen LogP contribution in [0.2, 0.25) is 5.02 Å². The van der Waals surface area contributed by atoms with Crippen molar-refractivity contribution in [3.8, 4) is 17.1 Å². The lowest BCUT2D eigenvalue weighted by molar-refractivity contribution is -0.118. The highest BCUT2D eigenvalue weighted by Gasteiger charge is 2.17. The van der Waals surface area contributed by atoms with Gasteiger partial charge in [-0.1, -0.05) is 91.3 Å². The summed E-state index contributed by atoms with van der Waals surface area (Å²) in [6, 6.07) is 23.6. The number of rotatable bonds is 8. The van der Waals surface area contributed by atoms with Crippen LogP contribution in [0.4, 0.5) is 0 Å². The molecule has 178 valence electrons. The summed E-state index contributed by atoms with van der Waals surface area (Å²) in [6.07, 6.45) is 1.64. The molecular formula is C27H26ClN5OS. The number of hydrogen-bond donors (Lipinski definition) is 1. The van der Waals surface area contributed by atoms with E-state index >= 15 is 0 Å². The molecule has 0 saturated heterocycles. The molecule has 0 saturated carbocycles. The van der Waals surface area contributed by atoms with Gasteiger partial charge in [0.15, 0.2) is 11.0 Å². The van der Waals surface area contributed by atoms with Crippen molar-refractivity contribution in [2.75, 3.05) is 5.75 Å². The van der Waals surface area contributed by atoms with Crippen molar-refractivity contribution in [2.45, 2.75) is 31.8 Å². The van der Waals surface area contributed by atoms with Crippen LogP contribution >= 0.6 is 23.4 Å². The number of carbonyl (C=O) groups excluding carboxylic acids is 1. The fraction of sp³-hybridized carbons (Fsp3) is 0.185. The zero-order valence-electron chi connectivity index (χ0n) is 19.8. The van der Waals surface area contributed by atoms with Crippen molar-refractivity contribution in [1.82, 2.24) is 20.2 Å². The molecule has 0 fully saturated rings. The van der Waals surface area contributed by atoms with E-state index in [1.807, 2.05) is 72.2 Å². The number of hydrogen-bond acceptors (Lipinski definition) is 5. The second-order valence-electron chi connectivity index (χ2n) is 8.39. The standard InChI is InChI=1S/C27H26ClN5OS/c1-18(2)21-10-6-20(7-11-21)16-29-30-25(34)17-35-27-32-31-26(22-8-4-19(3)5-9-22)33(27)24-14-12-23(28)13-15-24/h4-16,18H,17H2,1-3H3,(H,30,34)/b29-16-. The van der Waals surface area contributed by atoms with Gasteiger partial charge in [-0.3, -0.25) is 9.36 Å². The lowest BCUT2D eigenvalue weighted by Gasteiger charge is -2.10. The number of nitrogens with zero attached hydrogens (tertiary/aromatic N) is 4. The van der Waals surface area contributed by atoms with Crippen LogP contribution in [0.5, 0.6) is 0 Å². The zero-order valence-corrected chi connectivity index (χ0v) is 21.3. The second-order valence-corrected chi connectivity index (χ2v) is 9.77. The molecule has 6 nitrogen and oxygen atoms in total. The quantitative estimate of drug-likeness (QED) is 0.175. The van der Waals surface area contributed by atoms with E-state index in [4.69, 9.17) is 11.6 Å². The van der Waals surface area contributed by atoms with Crippen LogP contribution in [-0.4, -0.2) is 32.6 Å². The van der Waals surface area contributed by atoms with Crippen molar-refractivity contribution >= 4 is 35.5 Å². The lowest BCUT2D eigenvalue weighted by Crippen LogP contribution is -2.20. The third-order valence-corrected chi connectivity index (χ3v) is 6.55. The largest absolute Gasteiger partial charge is 0.272 e. The molecule has 0 aliphatic carbocycles. The SMILES string of the molecule is Cc1ccc(-c2nnc(SCC(=O)N/N=C\c3ccc(C(C)C)cc3)n2-c2ccc(Cl)cc2)cc1. The molecule has 3 aromatic carbocycles. The monoisotopic (exact) mass is 503 g/mol. The van der Waals surface area contributed by atoms with Gasteiger partial charge in [-0.25, -0.2) is 5.43 Å². The highest BCUT2D eigenvalue weighted by Crippen LogP contribution is 2.28. The van der Waals surface area contributed by atoms with Crippen LogP contribution in [0.3, 0.4) is 0 Å². The maximum Gasteiger partial charge on any atom is 0.250 e. The van der Waals surface area contributed by atoms with Crippen LogP contribution in [0.15, 0.2) is 83.1 Å². The summed E-state index contributed by atoms with van der Waals surface area (Å²) in [6.45, 7) is 6.34. The molecule has 4 rings (SSSR count). The first-order valence-corrected chi connectivity index (χ1v) is 12.6. The number of aryl methyl sites for hydroxylation is 1. The molecule has 0 spiro atoms. The van der Waals surface area contributed by atoms with E-state index in [9.17, 15) is 4.79 Å². The van der Waals surface area contributed by atoms with E-state index in [1.165, 1.54) is 17.3 Å². The molecular weight excluding hydrogens is 478 g/mol. The molecule has 1 amide bonds. The normalized spacial score (nSPS) is 11.3. The molecule has 0 aliphatic heterocycles. The molecule has 0 radical (unpaired) electrons. The molecule has 8 heteroatoms. The molecule has 0 atom stereocenters. The maximum atomic E-state index is 12.4. The van der Waals surface area contributed by atoms with Gasteiger partial charge in [-0.2, -0.15) is 5.10 Å². The van der Waals surface area contributed by atoms with Gasteiger partial charge in [0.2, 0.25) is 0 Å². The zero-order chi connectivity index (χ0) is 24.8. The van der Waals surface area contributed by atoms with Crippen LogP contribution < -0.4 is 5.43 Å². The van der Waals surface area contributed by atoms with Crippen LogP contribution in [0.1, 0.15) is 36.5 Å². The van der Waals surface area contributed by atoms with E-state index in [1.54, 1.807) is 6.21 Å². The fourth-order valence-corrected chi connectivity index (χ4v) is 4.25. The first kappa shape index (κ1) is 24.7. The summed E-state index contributed by atoms with van der Waals surface area (Å²) in [5.41, 5.74) is 7.73. The van der Waals surface area contributed by atoms with Crippen LogP contribution in [-0.2, 0) is 4.79 Å². The Bertz CT molecular complexity index is 1310. The van der Waals surface area contributed by atoms with Gasteiger partial charge in [0, 0.05) is 16.3 Å². The van der Waals surface area contributed by atoms with Crippen molar-refractivity contribution < 1.29 is 4.79 Å². The highest BCUT2D eigenvalue weighted by molar-refractivity contribution is 7.99. The van der Waals surface area contributed by atoms with E-state index < -0.39 is 0 Å². The minimum absolute atomic E-state index is 0.142. The van der Waals surface area contributed by atoms with Gasteiger partial charge in [0.1, 0.15) is 0 Å². The van der Waals surface area contributed by atoms with Crippen LogP contribution in [0, 0.1) is 6.92 Å². The van der Waals surface area contributed by atoms with Gasteiger partial charge < -0.3 is 0 Å². The van der Waals surface area contributed by atoms with E-state index in [-0.39, 0.29) is 11.7 Å². The fourth-order valence-electron chi connectivity index (χ4n) is 3.38.